The lowest BCUT2D eigenvalue weighted by atomic mass is 10.2. The Kier molecular flexibility index (Phi) is 5.97. The number of terminal acetylenes is 1. The molecule has 7 heteroatoms. The van der Waals surface area contributed by atoms with Crippen LogP contribution in [-0.2, 0) is 4.79 Å². The number of hydrogen-bond donors (Lipinski definition) is 3. The average Bonchev–Trinajstić information content (AvgIpc) is 2.16. The Balaban J connectivity index is 4.56. The largest absolute Gasteiger partial charge is 0.465 e. The van der Waals surface area contributed by atoms with Gasteiger partial charge in [0.05, 0.1) is 0 Å². The van der Waals surface area contributed by atoms with Crippen molar-refractivity contribution in [2.24, 2.45) is 10.7 Å². The maximum atomic E-state index is 11.3. The highest BCUT2D eigenvalue weighted by molar-refractivity contribution is 8.13. The molecule has 0 rings (SSSR count). The van der Waals surface area contributed by atoms with E-state index in [0.717, 1.165) is 11.8 Å². The van der Waals surface area contributed by atoms with E-state index in [4.69, 9.17) is 17.3 Å². The molecule has 0 fully saturated rings. The third kappa shape index (κ3) is 5.59. The van der Waals surface area contributed by atoms with Gasteiger partial charge < -0.3 is 16.2 Å². The molecule has 0 saturated heterocycles. The van der Waals surface area contributed by atoms with Gasteiger partial charge in [-0.25, -0.2) is 4.79 Å². The van der Waals surface area contributed by atoms with Crippen LogP contribution >= 0.6 is 11.8 Å². The summed E-state index contributed by atoms with van der Waals surface area (Å²) in [6, 6.07) is -1.04. The third-order valence-corrected chi connectivity index (χ3v) is 1.86. The zero-order valence-corrected chi connectivity index (χ0v) is 8.87. The van der Waals surface area contributed by atoms with Crippen molar-refractivity contribution in [2.75, 3.05) is 6.26 Å². The van der Waals surface area contributed by atoms with Crippen LogP contribution in [0.2, 0.25) is 0 Å². The Bertz CT molecular complexity index is 322. The average molecular weight is 229 g/mol. The molecule has 15 heavy (non-hydrogen) atoms. The van der Waals surface area contributed by atoms with Crippen LogP contribution in [0, 0.1) is 12.3 Å². The number of rotatable bonds is 3. The van der Waals surface area contributed by atoms with Crippen LogP contribution in [0.4, 0.5) is 4.79 Å². The summed E-state index contributed by atoms with van der Waals surface area (Å²) in [5.41, 5.74) is 5.30. The summed E-state index contributed by atoms with van der Waals surface area (Å²) in [4.78, 5) is 25.1. The minimum atomic E-state index is -1.33. The highest BCUT2D eigenvalue weighted by atomic mass is 32.2. The number of thioether (sulfide) groups is 1. The van der Waals surface area contributed by atoms with Crippen LogP contribution in [0.3, 0.4) is 0 Å². The second-order valence-corrected chi connectivity index (χ2v) is 3.23. The van der Waals surface area contributed by atoms with Crippen molar-refractivity contribution >= 4 is 28.9 Å². The number of carboxylic acid groups (broad SMARTS) is 1. The van der Waals surface area contributed by atoms with Gasteiger partial charge in [0, 0.05) is 6.42 Å². The molecule has 0 aliphatic rings. The summed E-state index contributed by atoms with van der Waals surface area (Å²) in [6.07, 6.45) is 5.24. The number of amidine groups is 1. The zero-order chi connectivity index (χ0) is 11.8. The predicted octanol–water partition coefficient (Wildman–Crippen LogP) is -0.150. The second-order valence-electron chi connectivity index (χ2n) is 2.40. The van der Waals surface area contributed by atoms with Gasteiger partial charge in [0.15, 0.2) is 5.17 Å². The molecule has 0 heterocycles. The molecule has 0 saturated carbocycles. The van der Waals surface area contributed by atoms with Gasteiger partial charge in [0.2, 0.25) is 0 Å². The molecule has 0 radical (unpaired) electrons. The number of amides is 2. The monoisotopic (exact) mass is 229 g/mol. The van der Waals surface area contributed by atoms with Gasteiger partial charge in [0.25, 0.3) is 5.91 Å². The standard InChI is InChI=1S/C8H11N3O3S/c1-3-4-5(10-8(13)14)6(12)11-7(9)15-2/h1,5,10H,4H2,2H3,(H,13,14)(H2,9,11,12)/t5-/m0/s1. The van der Waals surface area contributed by atoms with Crippen molar-refractivity contribution in [1.29, 1.82) is 0 Å². The Morgan fingerprint density at radius 1 is 1.73 bits per heavy atom. The minimum absolute atomic E-state index is 0.0592. The van der Waals surface area contributed by atoms with E-state index in [9.17, 15) is 9.59 Å². The highest BCUT2D eigenvalue weighted by Crippen LogP contribution is 1.98. The number of nitrogens with two attached hydrogens (primary N) is 1. The molecule has 6 nitrogen and oxygen atoms in total. The van der Waals surface area contributed by atoms with E-state index in [0.29, 0.717) is 0 Å². The molecule has 2 amide bonds. The fraction of sp³-hybridized carbons (Fsp3) is 0.375. The molecule has 0 spiro atoms. The van der Waals surface area contributed by atoms with E-state index in [1.807, 2.05) is 5.32 Å². The molecular formula is C8H11N3O3S. The molecule has 4 N–H and O–H groups in total. The highest BCUT2D eigenvalue weighted by Gasteiger charge is 2.19. The van der Waals surface area contributed by atoms with Crippen LogP contribution in [0.1, 0.15) is 6.42 Å². The number of carbonyl (C=O) groups excluding carboxylic acids is 1. The number of nitrogens with zero attached hydrogens (tertiary/aromatic N) is 1. The van der Waals surface area contributed by atoms with Crippen LogP contribution in [-0.4, -0.2) is 34.6 Å². The van der Waals surface area contributed by atoms with Crippen molar-refractivity contribution in [3.05, 3.63) is 0 Å². The summed E-state index contributed by atoms with van der Waals surface area (Å²) in [6.45, 7) is 0. The first-order chi connectivity index (χ1) is 7.01. The van der Waals surface area contributed by atoms with E-state index in [1.54, 1.807) is 6.26 Å². The van der Waals surface area contributed by atoms with Crippen LogP contribution in [0.25, 0.3) is 0 Å². The first-order valence-corrected chi connectivity index (χ1v) is 5.08. The van der Waals surface area contributed by atoms with Gasteiger partial charge in [-0.1, -0.05) is 11.8 Å². The number of carbonyl (C=O) groups is 2. The smallest absolute Gasteiger partial charge is 0.405 e. The Hall–Kier alpha value is -1.68. The Labute approximate surface area is 91.3 Å². The lowest BCUT2D eigenvalue weighted by Gasteiger charge is -2.09. The molecule has 82 valence electrons. The first-order valence-electron chi connectivity index (χ1n) is 3.86. The summed E-state index contributed by atoms with van der Waals surface area (Å²) < 4.78 is 0. The molecule has 0 aromatic carbocycles. The maximum absolute atomic E-state index is 11.3. The van der Waals surface area contributed by atoms with Gasteiger partial charge in [-0.15, -0.1) is 12.3 Å². The van der Waals surface area contributed by atoms with Crippen LogP contribution in [0.5, 0.6) is 0 Å². The van der Waals surface area contributed by atoms with Crippen molar-refractivity contribution in [3.63, 3.8) is 0 Å². The van der Waals surface area contributed by atoms with Crippen molar-refractivity contribution in [3.8, 4) is 12.3 Å². The van der Waals surface area contributed by atoms with E-state index < -0.39 is 18.0 Å². The Morgan fingerprint density at radius 3 is 2.73 bits per heavy atom. The van der Waals surface area contributed by atoms with Gasteiger partial charge >= 0.3 is 6.09 Å². The van der Waals surface area contributed by atoms with E-state index >= 15 is 0 Å². The molecular weight excluding hydrogens is 218 g/mol. The van der Waals surface area contributed by atoms with Crippen LogP contribution in [0.15, 0.2) is 4.99 Å². The van der Waals surface area contributed by atoms with E-state index in [-0.39, 0.29) is 11.6 Å². The SMILES string of the molecule is C#CC[C@H](NC(=O)O)C(=O)N=C(N)SC. The van der Waals surface area contributed by atoms with Crippen LogP contribution < -0.4 is 11.1 Å². The lowest BCUT2D eigenvalue weighted by Crippen LogP contribution is -2.39. The number of nitrogens with one attached hydrogen (secondary N) is 1. The normalized spacial score (nSPS) is 12.7. The summed E-state index contributed by atoms with van der Waals surface area (Å²) in [5, 5.41) is 10.5. The Morgan fingerprint density at radius 2 is 2.33 bits per heavy atom. The first kappa shape index (κ1) is 13.3. The molecule has 0 aliphatic heterocycles. The molecule has 0 bridgehead atoms. The molecule has 0 aromatic heterocycles. The summed E-state index contributed by atoms with van der Waals surface area (Å²) in [7, 11) is 0. The van der Waals surface area contributed by atoms with Crippen molar-refractivity contribution in [2.45, 2.75) is 12.5 Å². The van der Waals surface area contributed by atoms with Gasteiger partial charge in [0.1, 0.15) is 6.04 Å². The van der Waals surface area contributed by atoms with Gasteiger partial charge in [-0.3, -0.25) is 4.79 Å². The maximum Gasteiger partial charge on any atom is 0.405 e. The van der Waals surface area contributed by atoms with Crippen molar-refractivity contribution < 1.29 is 14.7 Å². The fourth-order valence-corrected chi connectivity index (χ4v) is 0.880. The number of hydrogen-bond acceptors (Lipinski definition) is 3. The lowest BCUT2D eigenvalue weighted by molar-refractivity contribution is -0.119. The topological polar surface area (TPSA) is 105 Å². The van der Waals surface area contributed by atoms with E-state index in [1.165, 1.54) is 0 Å². The van der Waals surface area contributed by atoms with Gasteiger partial charge in [-0.05, 0) is 6.26 Å². The van der Waals surface area contributed by atoms with Gasteiger partial charge in [-0.2, -0.15) is 4.99 Å². The molecule has 0 unspecified atom stereocenters. The third-order valence-electron chi connectivity index (χ3n) is 1.35. The quantitative estimate of drug-likeness (QED) is 0.354. The molecule has 0 aliphatic carbocycles. The predicted molar refractivity (Wildman–Crippen MR) is 58.5 cm³/mol. The fourth-order valence-electron chi connectivity index (χ4n) is 0.699. The molecule has 0 aromatic rings. The van der Waals surface area contributed by atoms with Crippen molar-refractivity contribution in [1.82, 2.24) is 5.32 Å². The zero-order valence-electron chi connectivity index (χ0n) is 8.06. The summed E-state index contributed by atoms with van der Waals surface area (Å²) in [5.74, 6) is 1.49. The summed E-state index contributed by atoms with van der Waals surface area (Å²) >= 11 is 1.09. The molecule has 1 atom stereocenters. The van der Waals surface area contributed by atoms with E-state index in [2.05, 4.69) is 10.9 Å². The minimum Gasteiger partial charge on any atom is -0.465 e. The second kappa shape index (κ2) is 6.73. The number of aliphatic imine (C=N–C) groups is 1.